The summed E-state index contributed by atoms with van der Waals surface area (Å²) < 4.78 is 32.8. The normalized spacial score (nSPS) is 15.3. The van der Waals surface area contributed by atoms with Crippen LogP contribution in [0.15, 0.2) is 74.6 Å². The van der Waals surface area contributed by atoms with Gasteiger partial charge in [0.05, 0.1) is 27.7 Å². The molecule has 7 nitrogen and oxygen atoms in total. The van der Waals surface area contributed by atoms with Crippen molar-refractivity contribution in [2.75, 3.05) is 18.0 Å². The molecule has 286 valence electrons. The van der Waals surface area contributed by atoms with E-state index in [2.05, 4.69) is 54.4 Å². The van der Waals surface area contributed by atoms with Crippen molar-refractivity contribution in [3.8, 4) is 0 Å². The smallest absolute Gasteiger partial charge is 0.283 e. The number of nitrogens with zero attached hydrogens (tertiary/aromatic N) is 3. The average Bonchev–Trinajstić information content (AvgIpc) is 3.07. The number of allylic oxidation sites excluding steroid dienone is 3. The van der Waals surface area contributed by atoms with Gasteiger partial charge in [-0.05, 0) is 89.8 Å². The van der Waals surface area contributed by atoms with Crippen LogP contribution in [0.3, 0.4) is 0 Å². The Hall–Kier alpha value is -3.52. The second-order valence-electron chi connectivity index (χ2n) is 16.2. The van der Waals surface area contributed by atoms with Gasteiger partial charge in [0.25, 0.3) is 10.0 Å². The van der Waals surface area contributed by atoms with Crippen molar-refractivity contribution in [3.05, 3.63) is 77.0 Å². The van der Waals surface area contributed by atoms with Crippen LogP contribution in [0, 0.1) is 5.41 Å². The summed E-state index contributed by atoms with van der Waals surface area (Å²) in [6.45, 7) is 24.4. The van der Waals surface area contributed by atoms with Crippen molar-refractivity contribution >= 4 is 38.7 Å². The zero-order valence-electron chi connectivity index (χ0n) is 34.0. The first kappa shape index (κ1) is 42.9. The SMILES string of the molecule is CCCCCCN(CCCCCC)c1ccc(N=C2C=CC(=NS(=O)(=O)c3c(C(C)C)cc(C(C)C)cc3C(C)C)C=C2NC(=O)C(C)(C)C)cc1. The molecule has 0 bridgehead atoms. The fourth-order valence-electron chi connectivity index (χ4n) is 6.17. The van der Waals surface area contributed by atoms with Gasteiger partial charge in [-0.1, -0.05) is 127 Å². The maximum atomic E-state index is 14.2. The fourth-order valence-corrected chi connectivity index (χ4v) is 7.83. The molecule has 8 heteroatoms. The van der Waals surface area contributed by atoms with Crippen LogP contribution < -0.4 is 10.2 Å². The summed E-state index contributed by atoms with van der Waals surface area (Å²) in [5.41, 5.74) is 5.11. The Morgan fingerprint density at radius 1 is 0.769 bits per heavy atom. The molecular weight excluding hydrogens is 665 g/mol. The van der Waals surface area contributed by atoms with E-state index < -0.39 is 15.4 Å². The number of unbranched alkanes of at least 4 members (excludes halogenated alkanes) is 6. The first-order valence-corrected chi connectivity index (χ1v) is 21.1. The molecule has 52 heavy (non-hydrogen) atoms. The van der Waals surface area contributed by atoms with Crippen LogP contribution in [0.4, 0.5) is 11.4 Å². The minimum Gasteiger partial charge on any atom is -0.372 e. The third-order valence-electron chi connectivity index (χ3n) is 9.50. The number of hydrogen-bond acceptors (Lipinski definition) is 5. The number of sulfonamides is 1. The van der Waals surface area contributed by atoms with Gasteiger partial charge in [-0.25, -0.2) is 4.99 Å². The van der Waals surface area contributed by atoms with Crippen molar-refractivity contribution in [1.29, 1.82) is 0 Å². The van der Waals surface area contributed by atoms with Crippen molar-refractivity contribution in [1.82, 2.24) is 5.32 Å². The van der Waals surface area contributed by atoms with Crippen LogP contribution in [-0.4, -0.2) is 38.8 Å². The highest BCUT2D eigenvalue weighted by Gasteiger charge is 2.28. The van der Waals surface area contributed by atoms with Gasteiger partial charge in [0, 0.05) is 24.2 Å². The van der Waals surface area contributed by atoms with Crippen LogP contribution in [-0.2, 0) is 14.8 Å². The number of rotatable bonds is 18. The molecule has 0 unspecified atom stereocenters. The highest BCUT2D eigenvalue weighted by Crippen LogP contribution is 2.36. The molecule has 3 rings (SSSR count). The van der Waals surface area contributed by atoms with Crippen LogP contribution in [0.2, 0.25) is 0 Å². The lowest BCUT2D eigenvalue weighted by Gasteiger charge is -2.25. The van der Waals surface area contributed by atoms with Crippen molar-refractivity contribution in [3.63, 3.8) is 0 Å². The average molecular weight is 731 g/mol. The quantitative estimate of drug-likeness (QED) is 0.122. The van der Waals surface area contributed by atoms with Crippen LogP contribution in [0.1, 0.15) is 162 Å². The van der Waals surface area contributed by atoms with Crippen molar-refractivity contribution in [2.24, 2.45) is 14.8 Å². The highest BCUT2D eigenvalue weighted by atomic mass is 32.2. The number of anilines is 1. The van der Waals surface area contributed by atoms with E-state index in [4.69, 9.17) is 4.99 Å². The number of nitrogens with one attached hydrogen (secondary N) is 1. The summed E-state index contributed by atoms with van der Waals surface area (Å²) in [5.74, 6) is 0.0314. The van der Waals surface area contributed by atoms with Crippen LogP contribution in [0.5, 0.6) is 0 Å². The van der Waals surface area contributed by atoms with Crippen LogP contribution >= 0.6 is 0 Å². The Morgan fingerprint density at radius 2 is 1.31 bits per heavy atom. The predicted octanol–water partition coefficient (Wildman–Crippen LogP) is 11.5. The lowest BCUT2D eigenvalue weighted by atomic mass is 9.89. The Kier molecular flexibility index (Phi) is 16.1. The molecule has 0 heterocycles. The Morgan fingerprint density at radius 3 is 1.77 bits per heavy atom. The molecule has 0 spiro atoms. The number of hydrogen-bond donors (Lipinski definition) is 1. The van der Waals surface area contributed by atoms with E-state index in [9.17, 15) is 13.2 Å². The third kappa shape index (κ3) is 12.3. The lowest BCUT2D eigenvalue weighted by molar-refractivity contribution is -0.127. The number of aliphatic imine (C=N–C) groups is 1. The zero-order chi connectivity index (χ0) is 38.6. The first-order valence-electron chi connectivity index (χ1n) is 19.7. The maximum absolute atomic E-state index is 14.2. The Balaban J connectivity index is 2.03. The second kappa shape index (κ2) is 19.5. The summed E-state index contributed by atoms with van der Waals surface area (Å²) >= 11 is 0. The minimum atomic E-state index is -4.11. The molecule has 2 aromatic rings. The number of amides is 1. The molecule has 1 N–H and O–H groups in total. The van der Waals surface area contributed by atoms with E-state index in [1.54, 1.807) is 18.2 Å². The van der Waals surface area contributed by atoms with E-state index in [1.807, 2.05) is 72.7 Å². The summed E-state index contributed by atoms with van der Waals surface area (Å²) in [4.78, 5) is 20.9. The number of benzene rings is 2. The maximum Gasteiger partial charge on any atom is 0.283 e. The molecular formula is C44H66N4O3S. The van der Waals surface area contributed by atoms with E-state index in [-0.39, 0.29) is 34.3 Å². The van der Waals surface area contributed by atoms with E-state index in [0.29, 0.717) is 11.4 Å². The van der Waals surface area contributed by atoms with E-state index >= 15 is 0 Å². The largest absolute Gasteiger partial charge is 0.372 e. The molecule has 0 saturated heterocycles. The molecule has 1 aliphatic rings. The Bertz CT molecular complexity index is 1680. The highest BCUT2D eigenvalue weighted by molar-refractivity contribution is 7.90. The summed E-state index contributed by atoms with van der Waals surface area (Å²) in [6.07, 6.45) is 14.8. The fraction of sp³-hybridized carbons (Fsp3) is 0.568. The first-order chi connectivity index (χ1) is 24.5. The van der Waals surface area contributed by atoms with Gasteiger partial charge in [-0.3, -0.25) is 4.79 Å². The third-order valence-corrected chi connectivity index (χ3v) is 10.9. The number of carbonyl (C=O) groups is 1. The topological polar surface area (TPSA) is 91.2 Å². The van der Waals surface area contributed by atoms with Gasteiger partial charge in [-0.2, -0.15) is 12.8 Å². The monoisotopic (exact) mass is 730 g/mol. The van der Waals surface area contributed by atoms with Gasteiger partial charge in [0.15, 0.2) is 0 Å². The standard InChI is InChI=1S/C44H66N4O3S/c1-12-14-16-18-26-48(27-19-17-15-13-2)37-23-20-35(21-24-37)45-40-25-22-36(30-41(40)46-43(49)44(9,10)11)47-52(50,51)42-38(32(5)6)28-34(31(3)4)29-39(42)33(7)8/h20-25,28-33H,12-19,26-27H2,1-11H3,(H,46,49). The van der Waals surface area contributed by atoms with Gasteiger partial charge in [0.2, 0.25) is 5.91 Å². The van der Waals surface area contributed by atoms with Gasteiger partial charge in [-0.15, -0.1) is 0 Å². The number of carbonyl (C=O) groups excluding carboxylic acids is 1. The van der Waals surface area contributed by atoms with E-state index in [0.717, 1.165) is 35.5 Å². The minimum absolute atomic E-state index is 0.0143. The lowest BCUT2D eigenvalue weighted by Crippen LogP contribution is -2.37. The molecule has 0 aromatic heterocycles. The summed E-state index contributed by atoms with van der Waals surface area (Å²) in [6, 6.07) is 12.3. The molecule has 0 radical (unpaired) electrons. The molecule has 1 amide bonds. The van der Waals surface area contributed by atoms with Crippen molar-refractivity contribution in [2.45, 2.75) is 150 Å². The van der Waals surface area contributed by atoms with Gasteiger partial charge in [0.1, 0.15) is 0 Å². The second-order valence-corrected chi connectivity index (χ2v) is 17.7. The van der Waals surface area contributed by atoms with E-state index in [1.165, 1.54) is 57.1 Å². The zero-order valence-corrected chi connectivity index (χ0v) is 34.8. The molecule has 0 atom stereocenters. The summed E-state index contributed by atoms with van der Waals surface area (Å²) in [5, 5.41) is 3.02. The van der Waals surface area contributed by atoms with Crippen molar-refractivity contribution < 1.29 is 13.2 Å². The van der Waals surface area contributed by atoms with Gasteiger partial charge < -0.3 is 10.2 Å². The Labute approximate surface area is 316 Å². The molecule has 2 aromatic carbocycles. The molecule has 0 saturated carbocycles. The summed E-state index contributed by atoms with van der Waals surface area (Å²) in [7, 11) is -4.11. The predicted molar refractivity (Wildman–Crippen MR) is 222 cm³/mol. The van der Waals surface area contributed by atoms with Crippen LogP contribution in [0.25, 0.3) is 0 Å². The van der Waals surface area contributed by atoms with Gasteiger partial charge >= 0.3 is 0 Å². The molecule has 1 aliphatic carbocycles. The molecule has 0 fully saturated rings. The molecule has 0 aliphatic heterocycles.